The predicted molar refractivity (Wildman–Crippen MR) is 34.2 cm³/mol. The summed E-state index contributed by atoms with van der Waals surface area (Å²) in [6.45, 7) is 1.14. The average Bonchev–Trinajstić information content (AvgIpc) is 2.16. The minimum Gasteiger partial charge on any atom is -0.322 e. The van der Waals surface area contributed by atoms with Gasteiger partial charge >= 0.3 is 5.37 Å². The summed E-state index contributed by atoms with van der Waals surface area (Å²) < 4.78 is 10.1. The first-order valence-electron chi connectivity index (χ1n) is 2.79. The standard InChI is InChI=1S/C5H10ClNO2/c1-7(2)5(6)8-3-4-9-5/h3-4H2,1-2H3. The number of halogens is 1. The molecule has 9 heavy (non-hydrogen) atoms. The molecule has 0 N–H and O–H groups in total. The zero-order valence-electron chi connectivity index (χ0n) is 5.56. The lowest BCUT2D eigenvalue weighted by Crippen LogP contribution is -2.39. The molecule has 1 saturated heterocycles. The SMILES string of the molecule is CN(C)C1(Cl)OCCO1. The first-order chi connectivity index (χ1) is 4.15. The lowest BCUT2D eigenvalue weighted by atomic mass is 10.8. The molecule has 1 aliphatic rings. The Hall–Kier alpha value is 0.170. The van der Waals surface area contributed by atoms with Gasteiger partial charge in [-0.3, -0.25) is 0 Å². The third-order valence-corrected chi connectivity index (χ3v) is 1.73. The van der Waals surface area contributed by atoms with Crippen molar-refractivity contribution in [3.8, 4) is 0 Å². The van der Waals surface area contributed by atoms with Crippen molar-refractivity contribution in [2.45, 2.75) is 5.37 Å². The number of nitrogens with zero attached hydrogens (tertiary/aromatic N) is 1. The van der Waals surface area contributed by atoms with E-state index >= 15 is 0 Å². The summed E-state index contributed by atoms with van der Waals surface area (Å²) in [4.78, 5) is 1.68. The second-order valence-electron chi connectivity index (χ2n) is 2.10. The van der Waals surface area contributed by atoms with Gasteiger partial charge in [0.15, 0.2) is 0 Å². The van der Waals surface area contributed by atoms with Gasteiger partial charge < -0.3 is 9.47 Å². The first-order valence-corrected chi connectivity index (χ1v) is 3.17. The van der Waals surface area contributed by atoms with E-state index in [1.807, 2.05) is 0 Å². The molecule has 3 nitrogen and oxygen atoms in total. The van der Waals surface area contributed by atoms with Gasteiger partial charge in [0.2, 0.25) is 0 Å². The van der Waals surface area contributed by atoms with Crippen molar-refractivity contribution in [3.05, 3.63) is 0 Å². The fourth-order valence-corrected chi connectivity index (χ4v) is 0.789. The summed E-state index contributed by atoms with van der Waals surface area (Å²) in [6, 6.07) is 0. The molecule has 0 bridgehead atoms. The van der Waals surface area contributed by atoms with Crippen LogP contribution < -0.4 is 0 Å². The maximum absolute atomic E-state index is 5.79. The highest BCUT2D eigenvalue weighted by Gasteiger charge is 2.36. The van der Waals surface area contributed by atoms with Gasteiger partial charge in [0.05, 0.1) is 13.2 Å². The van der Waals surface area contributed by atoms with Crippen molar-refractivity contribution in [3.63, 3.8) is 0 Å². The molecule has 0 atom stereocenters. The quantitative estimate of drug-likeness (QED) is 0.401. The van der Waals surface area contributed by atoms with Crippen molar-refractivity contribution < 1.29 is 9.47 Å². The maximum atomic E-state index is 5.79. The summed E-state index contributed by atoms with van der Waals surface area (Å²) in [5, 5.41) is -1.000. The number of ether oxygens (including phenoxy) is 2. The second kappa shape index (κ2) is 2.42. The van der Waals surface area contributed by atoms with E-state index in [1.165, 1.54) is 0 Å². The molecule has 4 heteroatoms. The zero-order valence-corrected chi connectivity index (χ0v) is 6.31. The van der Waals surface area contributed by atoms with Crippen LogP contribution in [0.2, 0.25) is 0 Å². The van der Waals surface area contributed by atoms with Crippen molar-refractivity contribution in [1.29, 1.82) is 0 Å². The molecule has 1 aliphatic heterocycles. The fourth-order valence-electron chi connectivity index (χ4n) is 0.635. The largest absolute Gasteiger partial charge is 0.322 e. The Kier molecular flexibility index (Phi) is 1.96. The Morgan fingerprint density at radius 1 is 1.33 bits per heavy atom. The van der Waals surface area contributed by atoms with Gasteiger partial charge in [-0.2, -0.15) is 0 Å². The van der Waals surface area contributed by atoms with E-state index in [1.54, 1.807) is 19.0 Å². The van der Waals surface area contributed by atoms with Crippen molar-refractivity contribution in [1.82, 2.24) is 4.90 Å². The van der Waals surface area contributed by atoms with Gasteiger partial charge in [0.25, 0.3) is 0 Å². The predicted octanol–water partition coefficient (Wildman–Crippen LogP) is 0.445. The molecule has 0 aromatic carbocycles. The molecule has 1 fully saturated rings. The lowest BCUT2D eigenvalue weighted by Gasteiger charge is -2.25. The third kappa shape index (κ3) is 1.35. The Morgan fingerprint density at radius 3 is 2.00 bits per heavy atom. The van der Waals surface area contributed by atoms with Gasteiger partial charge in [-0.25, -0.2) is 4.90 Å². The number of alkyl halides is 1. The molecule has 0 radical (unpaired) electrons. The van der Waals surface area contributed by atoms with Gasteiger partial charge in [0.1, 0.15) is 0 Å². The van der Waals surface area contributed by atoms with Crippen LogP contribution in [-0.2, 0) is 9.47 Å². The molecule has 1 rings (SSSR count). The van der Waals surface area contributed by atoms with Crippen molar-refractivity contribution in [2.24, 2.45) is 0 Å². The number of hydrogen-bond acceptors (Lipinski definition) is 3. The Morgan fingerprint density at radius 2 is 1.78 bits per heavy atom. The van der Waals surface area contributed by atoms with Crippen molar-refractivity contribution in [2.75, 3.05) is 27.3 Å². The summed E-state index contributed by atoms with van der Waals surface area (Å²) in [5.41, 5.74) is 0. The highest BCUT2D eigenvalue weighted by atomic mass is 35.5. The monoisotopic (exact) mass is 151 g/mol. The highest BCUT2D eigenvalue weighted by molar-refractivity contribution is 6.21. The smallest absolute Gasteiger partial charge is 0.314 e. The minimum atomic E-state index is -1.000. The van der Waals surface area contributed by atoms with Crippen LogP contribution in [0, 0.1) is 0 Å². The fraction of sp³-hybridized carbons (Fsp3) is 1.00. The van der Waals surface area contributed by atoms with Crippen LogP contribution in [0.4, 0.5) is 0 Å². The van der Waals surface area contributed by atoms with Gasteiger partial charge in [0, 0.05) is 0 Å². The Bertz CT molecular complexity index is 101. The normalized spacial score (nSPS) is 25.3. The average molecular weight is 152 g/mol. The van der Waals surface area contributed by atoms with E-state index in [0.29, 0.717) is 13.2 Å². The molecular formula is C5H10ClNO2. The van der Waals surface area contributed by atoms with Crippen LogP contribution in [0.5, 0.6) is 0 Å². The van der Waals surface area contributed by atoms with Gasteiger partial charge in [-0.1, -0.05) is 0 Å². The molecular weight excluding hydrogens is 142 g/mol. The molecule has 54 valence electrons. The lowest BCUT2D eigenvalue weighted by molar-refractivity contribution is -0.174. The van der Waals surface area contributed by atoms with E-state index in [9.17, 15) is 0 Å². The first kappa shape index (κ1) is 7.28. The molecule has 0 amide bonds. The third-order valence-electron chi connectivity index (χ3n) is 1.18. The summed E-state index contributed by atoms with van der Waals surface area (Å²) >= 11 is 5.79. The number of hydrogen-bond donors (Lipinski definition) is 0. The van der Waals surface area contributed by atoms with E-state index in [0.717, 1.165) is 0 Å². The molecule has 0 spiro atoms. The Labute approximate surface area is 59.5 Å². The van der Waals surface area contributed by atoms with Crippen LogP contribution in [0.25, 0.3) is 0 Å². The van der Waals surface area contributed by atoms with Crippen LogP contribution in [0.3, 0.4) is 0 Å². The number of rotatable bonds is 1. The van der Waals surface area contributed by atoms with Crippen LogP contribution in [-0.4, -0.2) is 37.6 Å². The molecule has 0 aliphatic carbocycles. The van der Waals surface area contributed by atoms with E-state index in [2.05, 4.69) is 0 Å². The van der Waals surface area contributed by atoms with Crippen LogP contribution in [0.15, 0.2) is 0 Å². The Balaban J connectivity index is 2.51. The maximum Gasteiger partial charge on any atom is 0.314 e. The summed E-state index contributed by atoms with van der Waals surface area (Å²) in [6.07, 6.45) is 0. The van der Waals surface area contributed by atoms with Gasteiger partial charge in [-0.05, 0) is 25.7 Å². The highest BCUT2D eigenvalue weighted by Crippen LogP contribution is 2.25. The van der Waals surface area contributed by atoms with E-state index < -0.39 is 5.37 Å². The van der Waals surface area contributed by atoms with E-state index in [-0.39, 0.29) is 0 Å². The zero-order chi connectivity index (χ0) is 6.91. The van der Waals surface area contributed by atoms with Gasteiger partial charge in [-0.15, -0.1) is 0 Å². The van der Waals surface area contributed by atoms with Crippen LogP contribution >= 0.6 is 11.6 Å². The molecule has 0 saturated carbocycles. The molecule has 0 unspecified atom stereocenters. The molecule has 1 heterocycles. The second-order valence-corrected chi connectivity index (χ2v) is 2.57. The topological polar surface area (TPSA) is 21.7 Å². The summed E-state index contributed by atoms with van der Waals surface area (Å²) in [7, 11) is 3.61. The summed E-state index contributed by atoms with van der Waals surface area (Å²) in [5.74, 6) is 0. The van der Waals surface area contributed by atoms with E-state index in [4.69, 9.17) is 21.1 Å². The van der Waals surface area contributed by atoms with Crippen molar-refractivity contribution >= 4 is 11.6 Å². The van der Waals surface area contributed by atoms with Crippen LogP contribution in [0.1, 0.15) is 0 Å². The molecule has 0 aromatic heterocycles. The molecule has 0 aromatic rings. The minimum absolute atomic E-state index is 0.571.